The minimum absolute atomic E-state index is 0.0426. The molecule has 2 nitrogen and oxygen atoms in total. The van der Waals surface area contributed by atoms with Gasteiger partial charge < -0.3 is 5.11 Å². The Balaban J connectivity index is 2.38. The van der Waals surface area contributed by atoms with Crippen LogP contribution in [-0.2, 0) is 0 Å². The highest BCUT2D eigenvalue weighted by Gasteiger charge is 2.16. The Labute approximate surface area is 95.6 Å². The second-order valence-corrected chi connectivity index (χ2v) is 4.30. The van der Waals surface area contributed by atoms with Crippen LogP contribution in [0.15, 0.2) is 30.4 Å². The number of phenols is 1. The molecule has 0 aliphatic heterocycles. The molecule has 1 N–H and O–H groups in total. The van der Waals surface area contributed by atoms with Gasteiger partial charge in [-0.3, -0.25) is 4.79 Å². The smallest absolute Gasteiger partial charge is 0.159 e. The number of aromatic hydroxyl groups is 1. The van der Waals surface area contributed by atoms with E-state index in [9.17, 15) is 9.90 Å². The molecule has 0 radical (unpaired) electrons. The zero-order valence-electron chi connectivity index (χ0n) is 9.44. The minimum Gasteiger partial charge on any atom is -0.508 e. The van der Waals surface area contributed by atoms with Gasteiger partial charge in [0.25, 0.3) is 0 Å². The molecule has 1 aromatic carbocycles. The molecule has 0 heterocycles. The van der Waals surface area contributed by atoms with Crippen LogP contribution in [0.25, 0.3) is 0 Å². The summed E-state index contributed by atoms with van der Waals surface area (Å²) in [5.41, 5.74) is 1.55. The molecule has 1 atom stereocenters. The molecule has 84 valence electrons. The Morgan fingerprint density at radius 1 is 1.44 bits per heavy atom. The van der Waals surface area contributed by atoms with Crippen LogP contribution in [-0.4, -0.2) is 10.9 Å². The van der Waals surface area contributed by atoms with E-state index in [1.807, 2.05) is 6.07 Å². The number of benzene rings is 1. The van der Waals surface area contributed by atoms with Gasteiger partial charge in [-0.15, -0.1) is 0 Å². The molecule has 0 bridgehead atoms. The third-order valence-electron chi connectivity index (χ3n) is 3.09. The van der Waals surface area contributed by atoms with E-state index in [2.05, 4.69) is 12.2 Å². The summed E-state index contributed by atoms with van der Waals surface area (Å²) in [6.45, 7) is 1.55. The molecule has 1 unspecified atom stereocenters. The Kier molecular flexibility index (Phi) is 3.09. The van der Waals surface area contributed by atoms with Gasteiger partial charge in [0.2, 0.25) is 0 Å². The van der Waals surface area contributed by atoms with Gasteiger partial charge in [-0.05, 0) is 44.4 Å². The standard InChI is InChI=1S/C14H16O2/c1-10(15)12-7-8-14(16)13(9-12)11-5-3-2-4-6-11/h3,5,7-9,11,16H,2,4,6H2,1H3. The van der Waals surface area contributed by atoms with Crippen molar-refractivity contribution >= 4 is 5.78 Å². The third-order valence-corrected chi connectivity index (χ3v) is 3.09. The van der Waals surface area contributed by atoms with Crippen molar-refractivity contribution in [3.8, 4) is 5.75 Å². The summed E-state index contributed by atoms with van der Waals surface area (Å²) in [6, 6.07) is 5.11. The summed E-state index contributed by atoms with van der Waals surface area (Å²) < 4.78 is 0. The lowest BCUT2D eigenvalue weighted by Gasteiger charge is -2.18. The van der Waals surface area contributed by atoms with Gasteiger partial charge in [0.1, 0.15) is 5.75 Å². The number of Topliss-reactive ketones (excluding diaryl/α,β-unsaturated/α-hetero) is 1. The highest BCUT2D eigenvalue weighted by Crippen LogP contribution is 2.33. The first-order valence-electron chi connectivity index (χ1n) is 5.69. The molecule has 0 saturated carbocycles. The van der Waals surface area contributed by atoms with E-state index in [1.165, 1.54) is 0 Å². The number of phenolic OH excluding ortho intramolecular Hbond substituents is 1. The summed E-state index contributed by atoms with van der Waals surface area (Å²) >= 11 is 0. The molecular formula is C14H16O2. The molecule has 0 spiro atoms. The van der Waals surface area contributed by atoms with Crippen LogP contribution in [0.5, 0.6) is 5.75 Å². The molecule has 16 heavy (non-hydrogen) atoms. The second-order valence-electron chi connectivity index (χ2n) is 4.30. The fourth-order valence-electron chi connectivity index (χ4n) is 2.14. The lowest BCUT2D eigenvalue weighted by Crippen LogP contribution is -2.02. The fourth-order valence-corrected chi connectivity index (χ4v) is 2.14. The Morgan fingerprint density at radius 3 is 2.88 bits per heavy atom. The number of carbonyl (C=O) groups is 1. The maximum Gasteiger partial charge on any atom is 0.159 e. The van der Waals surface area contributed by atoms with Gasteiger partial charge in [0.15, 0.2) is 5.78 Å². The van der Waals surface area contributed by atoms with Crippen LogP contribution in [0.3, 0.4) is 0 Å². The van der Waals surface area contributed by atoms with Crippen LogP contribution in [0.2, 0.25) is 0 Å². The molecule has 1 aromatic rings. The molecule has 0 amide bonds. The number of carbonyl (C=O) groups excluding carboxylic acids is 1. The molecule has 2 rings (SSSR count). The summed E-state index contributed by atoms with van der Waals surface area (Å²) in [4.78, 5) is 11.3. The maximum atomic E-state index is 11.3. The molecule has 1 aliphatic carbocycles. The first kappa shape index (κ1) is 10.9. The van der Waals surface area contributed by atoms with Gasteiger partial charge in [-0.2, -0.15) is 0 Å². The summed E-state index contributed by atoms with van der Waals surface area (Å²) in [6.07, 6.45) is 7.58. The van der Waals surface area contributed by atoms with Gasteiger partial charge in [0.05, 0.1) is 0 Å². The quantitative estimate of drug-likeness (QED) is 0.607. The van der Waals surface area contributed by atoms with Crippen molar-refractivity contribution in [2.24, 2.45) is 0 Å². The highest BCUT2D eigenvalue weighted by molar-refractivity contribution is 5.94. The number of allylic oxidation sites excluding steroid dienone is 2. The van der Waals surface area contributed by atoms with Crippen LogP contribution in [0.4, 0.5) is 0 Å². The van der Waals surface area contributed by atoms with E-state index in [-0.39, 0.29) is 11.7 Å². The monoisotopic (exact) mass is 216 g/mol. The van der Waals surface area contributed by atoms with E-state index in [0.29, 0.717) is 11.3 Å². The Hall–Kier alpha value is -1.57. The van der Waals surface area contributed by atoms with E-state index in [1.54, 1.807) is 19.1 Å². The molecule has 0 fully saturated rings. The van der Waals surface area contributed by atoms with Crippen molar-refractivity contribution in [1.82, 2.24) is 0 Å². The van der Waals surface area contributed by atoms with Gasteiger partial charge >= 0.3 is 0 Å². The summed E-state index contributed by atoms with van der Waals surface area (Å²) in [5.74, 6) is 0.593. The molecular weight excluding hydrogens is 200 g/mol. The molecule has 0 aromatic heterocycles. The zero-order chi connectivity index (χ0) is 11.5. The number of rotatable bonds is 2. The predicted molar refractivity (Wildman–Crippen MR) is 63.8 cm³/mol. The van der Waals surface area contributed by atoms with Crippen molar-refractivity contribution in [3.05, 3.63) is 41.5 Å². The van der Waals surface area contributed by atoms with Gasteiger partial charge in [0, 0.05) is 17.0 Å². The largest absolute Gasteiger partial charge is 0.508 e. The topological polar surface area (TPSA) is 37.3 Å². The molecule has 0 saturated heterocycles. The lowest BCUT2D eigenvalue weighted by molar-refractivity contribution is 0.101. The predicted octanol–water partition coefficient (Wildman–Crippen LogP) is 3.42. The van der Waals surface area contributed by atoms with Crippen molar-refractivity contribution in [3.63, 3.8) is 0 Å². The Morgan fingerprint density at radius 2 is 2.25 bits per heavy atom. The van der Waals surface area contributed by atoms with Crippen molar-refractivity contribution < 1.29 is 9.90 Å². The lowest BCUT2D eigenvalue weighted by atomic mass is 9.87. The first-order valence-corrected chi connectivity index (χ1v) is 5.69. The average molecular weight is 216 g/mol. The van der Waals surface area contributed by atoms with Crippen molar-refractivity contribution in [2.75, 3.05) is 0 Å². The number of hydrogen-bond acceptors (Lipinski definition) is 2. The van der Waals surface area contributed by atoms with Crippen LogP contribution < -0.4 is 0 Å². The number of hydrogen-bond donors (Lipinski definition) is 1. The number of ketones is 1. The van der Waals surface area contributed by atoms with Crippen LogP contribution in [0.1, 0.15) is 48.0 Å². The zero-order valence-corrected chi connectivity index (χ0v) is 9.44. The normalized spacial score (nSPS) is 19.7. The van der Waals surface area contributed by atoms with Crippen LogP contribution in [0, 0.1) is 0 Å². The van der Waals surface area contributed by atoms with Crippen molar-refractivity contribution in [2.45, 2.75) is 32.1 Å². The SMILES string of the molecule is CC(=O)c1ccc(O)c(C2C=CCCC2)c1. The van der Waals surface area contributed by atoms with E-state index >= 15 is 0 Å². The summed E-state index contributed by atoms with van der Waals surface area (Å²) in [7, 11) is 0. The van der Waals surface area contributed by atoms with Gasteiger partial charge in [-0.1, -0.05) is 12.2 Å². The van der Waals surface area contributed by atoms with Crippen molar-refractivity contribution in [1.29, 1.82) is 0 Å². The van der Waals surface area contributed by atoms with Gasteiger partial charge in [-0.25, -0.2) is 0 Å². The van der Waals surface area contributed by atoms with E-state index in [0.717, 1.165) is 24.8 Å². The van der Waals surface area contributed by atoms with E-state index < -0.39 is 0 Å². The maximum absolute atomic E-state index is 11.3. The first-order chi connectivity index (χ1) is 7.68. The highest BCUT2D eigenvalue weighted by atomic mass is 16.3. The summed E-state index contributed by atoms with van der Waals surface area (Å²) in [5, 5.41) is 9.82. The average Bonchev–Trinajstić information content (AvgIpc) is 2.30. The minimum atomic E-state index is 0.0426. The second kappa shape index (κ2) is 4.52. The molecule has 2 heteroatoms. The van der Waals surface area contributed by atoms with E-state index in [4.69, 9.17) is 0 Å². The Bertz CT molecular complexity index is 432. The molecule has 1 aliphatic rings. The third kappa shape index (κ3) is 2.16. The van der Waals surface area contributed by atoms with Crippen LogP contribution >= 0.6 is 0 Å². The fraction of sp³-hybridized carbons (Fsp3) is 0.357.